The molecule has 0 fully saturated rings. The number of aromatic nitrogens is 4. The molecule has 136 valence electrons. The second kappa shape index (κ2) is 8.11. The number of esters is 1. The van der Waals surface area contributed by atoms with Crippen LogP contribution in [-0.2, 0) is 22.7 Å². The number of carbonyl (C=O) groups excluding carboxylic acids is 1. The number of hydrogen-bond donors (Lipinski definition) is 2. The van der Waals surface area contributed by atoms with Crippen LogP contribution >= 0.6 is 0 Å². The number of rotatable bonds is 6. The second-order valence-corrected chi connectivity index (χ2v) is 5.69. The lowest BCUT2D eigenvalue weighted by Crippen LogP contribution is -2.12. The summed E-state index contributed by atoms with van der Waals surface area (Å²) in [6.45, 7) is 6.64. The summed E-state index contributed by atoms with van der Waals surface area (Å²) in [5, 5.41) is 9.31. The highest BCUT2D eigenvalue weighted by molar-refractivity contribution is 5.98. The van der Waals surface area contributed by atoms with Crippen molar-refractivity contribution in [2.45, 2.75) is 40.3 Å². The minimum Gasteiger partial charge on any atom is -0.453 e. The Bertz CT molecular complexity index is 873. The zero-order valence-corrected chi connectivity index (χ0v) is 15.0. The molecule has 0 aliphatic heterocycles. The number of nitrogen functional groups attached to an aromatic ring is 2. The van der Waals surface area contributed by atoms with Gasteiger partial charge in [0.05, 0.1) is 0 Å². The maximum Gasteiger partial charge on any atom is 0.349 e. The van der Waals surface area contributed by atoms with Gasteiger partial charge >= 0.3 is 5.97 Å². The monoisotopic (exact) mass is 355 g/mol. The molecule has 0 aliphatic rings. The average Bonchev–Trinajstić information content (AvgIpc) is 2.84. The van der Waals surface area contributed by atoms with Crippen LogP contribution in [0, 0.1) is 25.2 Å². The Labute approximate surface area is 151 Å². The molecule has 26 heavy (non-hydrogen) atoms. The van der Waals surface area contributed by atoms with Gasteiger partial charge in [0, 0.05) is 17.9 Å². The summed E-state index contributed by atoms with van der Waals surface area (Å²) < 4.78 is 7.23. The first-order chi connectivity index (χ1) is 12.3. The number of ether oxygens (including phenoxy) is 1. The Hall–Kier alpha value is -3.41. The molecule has 0 atom stereocenters. The van der Waals surface area contributed by atoms with Gasteiger partial charge in [0.25, 0.3) is 0 Å². The third-order valence-corrected chi connectivity index (χ3v) is 3.75. The third-order valence-electron chi connectivity index (χ3n) is 3.75. The van der Waals surface area contributed by atoms with Crippen LogP contribution in [-0.4, -0.2) is 25.5 Å². The molecule has 0 spiro atoms. The molecule has 9 nitrogen and oxygen atoms in total. The van der Waals surface area contributed by atoms with Gasteiger partial charge < -0.3 is 20.8 Å². The molecule has 9 heteroatoms. The lowest BCUT2D eigenvalue weighted by molar-refractivity contribution is -0.139. The van der Waals surface area contributed by atoms with Crippen LogP contribution in [0.15, 0.2) is 11.6 Å². The van der Waals surface area contributed by atoms with E-state index in [1.54, 1.807) is 0 Å². The second-order valence-electron chi connectivity index (χ2n) is 5.69. The van der Waals surface area contributed by atoms with Crippen molar-refractivity contribution < 1.29 is 9.53 Å². The van der Waals surface area contributed by atoms with Crippen molar-refractivity contribution in [1.82, 2.24) is 19.5 Å². The quantitative estimate of drug-likeness (QED) is 0.450. The van der Waals surface area contributed by atoms with Crippen LogP contribution < -0.4 is 11.5 Å². The molecule has 2 heterocycles. The van der Waals surface area contributed by atoms with Gasteiger partial charge in [-0.1, -0.05) is 6.92 Å². The van der Waals surface area contributed by atoms with Crippen molar-refractivity contribution in [2.24, 2.45) is 0 Å². The lowest BCUT2D eigenvalue weighted by atomic mass is 10.1. The van der Waals surface area contributed by atoms with E-state index in [-0.39, 0.29) is 29.9 Å². The summed E-state index contributed by atoms with van der Waals surface area (Å²) in [5.41, 5.74) is 13.7. The molecule has 2 rings (SSSR count). The predicted molar refractivity (Wildman–Crippen MR) is 96.2 cm³/mol. The summed E-state index contributed by atoms with van der Waals surface area (Å²) in [6, 6.07) is 3.81. The highest BCUT2D eigenvalue weighted by Crippen LogP contribution is 2.19. The average molecular weight is 355 g/mol. The zero-order valence-electron chi connectivity index (χ0n) is 15.0. The molecule has 2 aromatic rings. The van der Waals surface area contributed by atoms with E-state index in [1.807, 2.05) is 26.0 Å². The van der Waals surface area contributed by atoms with Crippen LogP contribution in [0.25, 0.3) is 6.08 Å². The first kappa shape index (κ1) is 18.9. The van der Waals surface area contributed by atoms with Crippen molar-refractivity contribution in [3.05, 3.63) is 34.4 Å². The molecule has 0 aliphatic carbocycles. The molecule has 0 radical (unpaired) electrons. The Morgan fingerprint density at radius 1 is 1.31 bits per heavy atom. The summed E-state index contributed by atoms with van der Waals surface area (Å²) in [6.07, 6.45) is 2.51. The molecule has 2 aromatic heterocycles. The molecular formula is C17H21N7O2. The SMILES string of the molecule is CCCn1c(C)cc(/C=C(\C#N)C(=O)OCc2nc(N)nc(N)n2)c1C. The fourth-order valence-corrected chi connectivity index (χ4v) is 2.56. The molecule has 0 saturated carbocycles. The highest BCUT2D eigenvalue weighted by Gasteiger charge is 2.15. The van der Waals surface area contributed by atoms with Gasteiger partial charge in [-0.2, -0.15) is 20.2 Å². The Balaban J connectivity index is 2.17. The van der Waals surface area contributed by atoms with Crippen molar-refractivity contribution in [3.8, 4) is 6.07 Å². The number of nitrogens with two attached hydrogens (primary N) is 2. The summed E-state index contributed by atoms with van der Waals surface area (Å²) in [5.74, 6) is -0.793. The number of anilines is 2. The number of aryl methyl sites for hydroxylation is 1. The smallest absolute Gasteiger partial charge is 0.349 e. The first-order valence-electron chi connectivity index (χ1n) is 8.07. The van der Waals surface area contributed by atoms with Crippen LogP contribution in [0.4, 0.5) is 11.9 Å². The van der Waals surface area contributed by atoms with E-state index < -0.39 is 5.97 Å². The van der Waals surface area contributed by atoms with E-state index in [4.69, 9.17) is 16.2 Å². The van der Waals surface area contributed by atoms with Gasteiger partial charge in [0.15, 0.2) is 12.4 Å². The maximum absolute atomic E-state index is 12.2. The molecule has 0 unspecified atom stereocenters. The highest BCUT2D eigenvalue weighted by atomic mass is 16.5. The molecule has 4 N–H and O–H groups in total. The summed E-state index contributed by atoms with van der Waals surface area (Å²) >= 11 is 0. The van der Waals surface area contributed by atoms with E-state index in [9.17, 15) is 10.1 Å². The topological polar surface area (TPSA) is 146 Å². The number of nitriles is 1. The van der Waals surface area contributed by atoms with Gasteiger partial charge in [-0.3, -0.25) is 0 Å². The largest absolute Gasteiger partial charge is 0.453 e. The maximum atomic E-state index is 12.2. The molecule has 0 bridgehead atoms. The van der Waals surface area contributed by atoms with Gasteiger partial charge in [0.2, 0.25) is 11.9 Å². The summed E-state index contributed by atoms with van der Waals surface area (Å²) in [7, 11) is 0. The number of carbonyl (C=O) groups is 1. The fraction of sp³-hybridized carbons (Fsp3) is 0.353. The standard InChI is InChI=1S/C17H21N7O2/c1-4-5-24-10(2)6-12(11(24)3)7-13(8-18)15(25)26-9-14-21-16(19)23-17(20)22-14/h6-7H,4-5,9H2,1-3H3,(H4,19,20,21,22,23)/b13-7+. The van der Waals surface area contributed by atoms with E-state index in [2.05, 4.69) is 26.4 Å². The van der Waals surface area contributed by atoms with Gasteiger partial charge in [0.1, 0.15) is 11.6 Å². The van der Waals surface area contributed by atoms with E-state index in [1.165, 1.54) is 6.08 Å². The van der Waals surface area contributed by atoms with Crippen molar-refractivity contribution in [3.63, 3.8) is 0 Å². The lowest BCUT2D eigenvalue weighted by Gasteiger charge is -2.07. The molecule has 0 amide bonds. The van der Waals surface area contributed by atoms with Crippen molar-refractivity contribution >= 4 is 23.9 Å². The zero-order chi connectivity index (χ0) is 19.3. The van der Waals surface area contributed by atoms with E-state index in [0.29, 0.717) is 0 Å². The van der Waals surface area contributed by atoms with Crippen LogP contribution in [0.3, 0.4) is 0 Å². The Kier molecular flexibility index (Phi) is 5.90. The van der Waals surface area contributed by atoms with Crippen LogP contribution in [0.1, 0.15) is 36.1 Å². The molecule has 0 saturated heterocycles. The first-order valence-corrected chi connectivity index (χ1v) is 8.07. The van der Waals surface area contributed by atoms with Crippen molar-refractivity contribution in [2.75, 3.05) is 11.5 Å². The normalized spacial score (nSPS) is 11.2. The third kappa shape index (κ3) is 4.36. The van der Waals surface area contributed by atoms with E-state index >= 15 is 0 Å². The van der Waals surface area contributed by atoms with Gasteiger partial charge in [-0.25, -0.2) is 4.79 Å². The van der Waals surface area contributed by atoms with Crippen LogP contribution in [0.2, 0.25) is 0 Å². The van der Waals surface area contributed by atoms with Gasteiger partial charge in [-0.05, 0) is 38.0 Å². The Morgan fingerprint density at radius 2 is 1.96 bits per heavy atom. The number of hydrogen-bond acceptors (Lipinski definition) is 8. The predicted octanol–water partition coefficient (Wildman–Crippen LogP) is 1.51. The van der Waals surface area contributed by atoms with E-state index in [0.717, 1.165) is 29.9 Å². The minimum absolute atomic E-state index is 0.0667. The molecule has 0 aromatic carbocycles. The minimum atomic E-state index is -0.773. The van der Waals surface area contributed by atoms with Crippen LogP contribution in [0.5, 0.6) is 0 Å². The Morgan fingerprint density at radius 3 is 2.54 bits per heavy atom. The molecular weight excluding hydrogens is 334 g/mol. The van der Waals surface area contributed by atoms with Gasteiger partial charge in [-0.15, -0.1) is 0 Å². The summed E-state index contributed by atoms with van der Waals surface area (Å²) in [4.78, 5) is 23.5. The fourth-order valence-electron chi connectivity index (χ4n) is 2.56. The van der Waals surface area contributed by atoms with Crippen molar-refractivity contribution in [1.29, 1.82) is 5.26 Å². The number of nitrogens with zero attached hydrogens (tertiary/aromatic N) is 5.